The Hall–Kier alpha value is -0.460. The lowest BCUT2D eigenvalue weighted by Crippen LogP contribution is -2.18. The van der Waals surface area contributed by atoms with Crippen LogP contribution in [0.4, 0.5) is 0 Å². The molecular formula is C12H23N. The zero-order chi connectivity index (χ0) is 10.1. The van der Waals surface area contributed by atoms with Crippen LogP contribution >= 0.6 is 0 Å². The lowest BCUT2D eigenvalue weighted by Gasteiger charge is -2.28. The Labute approximate surface area is 82.8 Å². The third kappa shape index (κ3) is 2.26. The molecule has 0 atom stereocenters. The van der Waals surface area contributed by atoms with Gasteiger partial charge in [-0.3, -0.25) is 0 Å². The summed E-state index contributed by atoms with van der Waals surface area (Å²) in [7, 11) is 2.23. The van der Waals surface area contributed by atoms with E-state index in [1.54, 1.807) is 11.3 Å². The van der Waals surface area contributed by atoms with Crippen LogP contribution in [0, 0.1) is 5.41 Å². The van der Waals surface area contributed by atoms with Crippen LogP contribution in [0.1, 0.15) is 47.0 Å². The molecule has 0 saturated carbocycles. The minimum absolute atomic E-state index is 0.350. The van der Waals surface area contributed by atoms with E-state index in [2.05, 4.69) is 39.6 Å². The Morgan fingerprint density at radius 3 is 2.31 bits per heavy atom. The fourth-order valence-electron chi connectivity index (χ4n) is 2.36. The number of hydrogen-bond acceptors (Lipinski definition) is 1. The quantitative estimate of drug-likeness (QED) is 0.599. The third-order valence-electron chi connectivity index (χ3n) is 2.98. The summed E-state index contributed by atoms with van der Waals surface area (Å²) >= 11 is 0. The van der Waals surface area contributed by atoms with Gasteiger partial charge in [-0.2, -0.15) is 0 Å². The first-order chi connectivity index (χ1) is 5.96. The molecule has 1 saturated heterocycles. The average Bonchev–Trinajstić information content (AvgIpc) is 2.35. The highest BCUT2D eigenvalue weighted by Gasteiger charge is 2.24. The van der Waals surface area contributed by atoms with E-state index in [-0.39, 0.29) is 0 Å². The van der Waals surface area contributed by atoms with Crippen LogP contribution in [0.15, 0.2) is 11.3 Å². The zero-order valence-corrected chi connectivity index (χ0v) is 9.78. The second kappa shape index (κ2) is 3.73. The molecule has 1 aliphatic heterocycles. The predicted octanol–water partition coefficient (Wildman–Crippen LogP) is 3.42. The Morgan fingerprint density at radius 2 is 2.00 bits per heavy atom. The van der Waals surface area contributed by atoms with Crippen LogP contribution in [0.3, 0.4) is 0 Å². The van der Waals surface area contributed by atoms with Gasteiger partial charge < -0.3 is 4.90 Å². The van der Waals surface area contributed by atoms with Gasteiger partial charge >= 0.3 is 0 Å². The zero-order valence-electron chi connectivity index (χ0n) is 9.78. The van der Waals surface area contributed by atoms with E-state index in [0.717, 1.165) is 0 Å². The van der Waals surface area contributed by atoms with Gasteiger partial charge in [-0.15, -0.1) is 0 Å². The lowest BCUT2D eigenvalue weighted by molar-refractivity contribution is 0.425. The highest BCUT2D eigenvalue weighted by molar-refractivity contribution is 5.20. The van der Waals surface area contributed by atoms with Crippen LogP contribution in [-0.2, 0) is 0 Å². The van der Waals surface area contributed by atoms with Crippen molar-refractivity contribution in [2.45, 2.75) is 47.0 Å². The van der Waals surface area contributed by atoms with Crippen LogP contribution in [0.5, 0.6) is 0 Å². The van der Waals surface area contributed by atoms with Gasteiger partial charge in [-0.1, -0.05) is 27.7 Å². The van der Waals surface area contributed by atoms with Crippen molar-refractivity contribution < 1.29 is 0 Å². The van der Waals surface area contributed by atoms with Crippen LogP contribution < -0.4 is 0 Å². The normalized spacial score (nSPS) is 22.4. The van der Waals surface area contributed by atoms with Crippen molar-refractivity contribution in [1.82, 2.24) is 4.90 Å². The molecule has 0 N–H and O–H groups in total. The lowest BCUT2D eigenvalue weighted by atomic mass is 9.83. The molecule has 0 bridgehead atoms. The summed E-state index contributed by atoms with van der Waals surface area (Å²) in [4.78, 5) is 2.43. The molecule has 1 fully saturated rings. The molecule has 0 aromatic rings. The molecule has 1 heterocycles. The summed E-state index contributed by atoms with van der Waals surface area (Å²) in [5.74, 6) is 0. The van der Waals surface area contributed by atoms with E-state index in [0.29, 0.717) is 5.41 Å². The molecule has 0 spiro atoms. The smallest absolute Gasteiger partial charge is 0.0175 e. The van der Waals surface area contributed by atoms with Crippen LogP contribution in [-0.4, -0.2) is 18.5 Å². The Morgan fingerprint density at radius 1 is 1.38 bits per heavy atom. The Balaban J connectivity index is 2.97. The highest BCUT2D eigenvalue weighted by atomic mass is 15.1. The van der Waals surface area contributed by atoms with Gasteiger partial charge in [-0.05, 0) is 30.3 Å². The second-order valence-electron chi connectivity index (χ2n) is 5.05. The largest absolute Gasteiger partial charge is 0.378 e. The minimum Gasteiger partial charge on any atom is -0.378 e. The number of nitrogens with zero attached hydrogens (tertiary/aromatic N) is 1. The molecule has 0 aromatic carbocycles. The fraction of sp³-hybridized carbons (Fsp3) is 0.833. The van der Waals surface area contributed by atoms with Gasteiger partial charge in [0.25, 0.3) is 0 Å². The van der Waals surface area contributed by atoms with Crippen molar-refractivity contribution >= 4 is 0 Å². The maximum Gasteiger partial charge on any atom is 0.0175 e. The summed E-state index contributed by atoms with van der Waals surface area (Å²) in [6.45, 7) is 10.5. The Bertz CT molecular complexity index is 208. The van der Waals surface area contributed by atoms with Gasteiger partial charge in [-0.25, -0.2) is 0 Å². The Kier molecular flexibility index (Phi) is 3.05. The first-order valence-electron chi connectivity index (χ1n) is 5.40. The minimum atomic E-state index is 0.350. The summed E-state index contributed by atoms with van der Waals surface area (Å²) in [5.41, 5.74) is 3.60. The summed E-state index contributed by atoms with van der Waals surface area (Å²) in [6.07, 6.45) is 3.82. The monoisotopic (exact) mass is 181 g/mol. The third-order valence-corrected chi connectivity index (χ3v) is 2.98. The van der Waals surface area contributed by atoms with Crippen LogP contribution in [0.2, 0.25) is 0 Å². The van der Waals surface area contributed by atoms with E-state index in [1.165, 1.54) is 25.8 Å². The molecule has 0 aromatic heterocycles. The van der Waals surface area contributed by atoms with Crippen LogP contribution in [0.25, 0.3) is 0 Å². The number of likely N-dealkylation sites (tertiary alicyclic amines) is 1. The molecule has 1 nitrogen and oxygen atoms in total. The number of rotatable bonds is 1. The second-order valence-corrected chi connectivity index (χ2v) is 5.05. The molecule has 0 unspecified atom stereocenters. The average molecular weight is 181 g/mol. The van der Waals surface area contributed by atoms with E-state index in [4.69, 9.17) is 0 Å². The molecule has 1 heteroatoms. The maximum absolute atomic E-state index is 2.43. The molecule has 13 heavy (non-hydrogen) atoms. The summed E-state index contributed by atoms with van der Waals surface area (Å²) in [6, 6.07) is 0. The molecule has 0 aliphatic carbocycles. The van der Waals surface area contributed by atoms with Crippen molar-refractivity contribution in [2.75, 3.05) is 13.6 Å². The van der Waals surface area contributed by atoms with Gasteiger partial charge in [0.05, 0.1) is 0 Å². The summed E-state index contributed by atoms with van der Waals surface area (Å²) < 4.78 is 0. The first kappa shape index (κ1) is 10.6. The van der Waals surface area contributed by atoms with E-state index in [9.17, 15) is 0 Å². The van der Waals surface area contributed by atoms with Gasteiger partial charge in [0.1, 0.15) is 0 Å². The van der Waals surface area contributed by atoms with Crippen molar-refractivity contribution in [1.29, 1.82) is 0 Å². The van der Waals surface area contributed by atoms with E-state index in [1.807, 2.05) is 0 Å². The van der Waals surface area contributed by atoms with E-state index < -0.39 is 0 Å². The topological polar surface area (TPSA) is 3.24 Å². The van der Waals surface area contributed by atoms with Gasteiger partial charge in [0, 0.05) is 19.3 Å². The fourth-order valence-corrected chi connectivity index (χ4v) is 2.36. The molecule has 1 rings (SSSR count). The van der Waals surface area contributed by atoms with Crippen molar-refractivity contribution in [3.05, 3.63) is 11.3 Å². The van der Waals surface area contributed by atoms with E-state index >= 15 is 0 Å². The molecule has 76 valence electrons. The molecular weight excluding hydrogens is 158 g/mol. The van der Waals surface area contributed by atoms with Gasteiger partial charge in [0.2, 0.25) is 0 Å². The molecule has 0 radical (unpaired) electrons. The van der Waals surface area contributed by atoms with Crippen molar-refractivity contribution in [3.8, 4) is 0 Å². The highest BCUT2D eigenvalue weighted by Crippen LogP contribution is 2.35. The SMILES string of the molecule is CC/C(=C1/CCCN1C)C(C)(C)C. The van der Waals surface area contributed by atoms with Gasteiger partial charge in [0.15, 0.2) is 0 Å². The number of hydrogen-bond donors (Lipinski definition) is 0. The molecule has 1 aliphatic rings. The van der Waals surface area contributed by atoms with Crippen molar-refractivity contribution in [2.24, 2.45) is 5.41 Å². The van der Waals surface area contributed by atoms with Crippen molar-refractivity contribution in [3.63, 3.8) is 0 Å². The first-order valence-corrected chi connectivity index (χ1v) is 5.40. The standard InChI is InChI=1S/C12H23N/c1-6-10(12(2,3)4)11-8-7-9-13(11)5/h6-9H2,1-5H3/b11-10+. The maximum atomic E-state index is 2.43. The molecule has 0 amide bonds. The summed E-state index contributed by atoms with van der Waals surface area (Å²) in [5, 5.41) is 0. The number of allylic oxidation sites excluding steroid dienone is 2. The predicted molar refractivity (Wildman–Crippen MR) is 58.6 cm³/mol.